The summed E-state index contributed by atoms with van der Waals surface area (Å²) < 4.78 is 12.2. The summed E-state index contributed by atoms with van der Waals surface area (Å²) in [5.41, 5.74) is 9.31. The van der Waals surface area contributed by atoms with Gasteiger partial charge in [-0.1, -0.05) is 5.21 Å². The molecule has 2 aromatic carbocycles. The van der Waals surface area contributed by atoms with Gasteiger partial charge in [-0.15, -0.1) is 5.10 Å². The number of aromatic nitrogens is 3. The predicted octanol–water partition coefficient (Wildman–Crippen LogP) is 2.41. The molecule has 1 aromatic heterocycles. The summed E-state index contributed by atoms with van der Waals surface area (Å²) in [6.45, 7) is 0.317. The Kier molecular flexibility index (Phi) is 4.25. The molecule has 118 valence electrons. The summed E-state index contributed by atoms with van der Waals surface area (Å²) >= 11 is 0. The lowest BCUT2D eigenvalue weighted by molar-refractivity contribution is 0.414. The molecule has 2 N–H and O–H groups in total. The van der Waals surface area contributed by atoms with Crippen molar-refractivity contribution in [3.8, 4) is 28.4 Å². The highest BCUT2D eigenvalue weighted by atomic mass is 16.5. The average molecular weight is 310 g/mol. The first-order chi connectivity index (χ1) is 11.3. The van der Waals surface area contributed by atoms with Gasteiger partial charge in [0.15, 0.2) is 0 Å². The molecule has 0 aliphatic rings. The van der Waals surface area contributed by atoms with E-state index in [2.05, 4.69) is 10.3 Å². The highest BCUT2D eigenvalue weighted by Crippen LogP contribution is 2.27. The topological polar surface area (TPSA) is 75.2 Å². The summed E-state index contributed by atoms with van der Waals surface area (Å²) in [5, 5.41) is 8.44. The van der Waals surface area contributed by atoms with Crippen molar-refractivity contribution in [1.82, 2.24) is 15.0 Å². The van der Waals surface area contributed by atoms with E-state index in [1.807, 2.05) is 48.5 Å². The summed E-state index contributed by atoms with van der Waals surface area (Å²) in [6.07, 6.45) is 0. The molecule has 6 heteroatoms. The lowest BCUT2D eigenvalue weighted by Gasteiger charge is -2.09. The van der Waals surface area contributed by atoms with Crippen LogP contribution >= 0.6 is 0 Å². The van der Waals surface area contributed by atoms with Crippen LogP contribution in [0.1, 0.15) is 5.69 Å². The van der Waals surface area contributed by atoms with Crippen molar-refractivity contribution in [3.05, 3.63) is 54.2 Å². The molecule has 0 spiro atoms. The van der Waals surface area contributed by atoms with Crippen LogP contribution in [0.3, 0.4) is 0 Å². The average Bonchev–Trinajstić information content (AvgIpc) is 3.06. The van der Waals surface area contributed by atoms with Crippen LogP contribution in [-0.4, -0.2) is 29.2 Å². The maximum Gasteiger partial charge on any atom is 0.119 e. The van der Waals surface area contributed by atoms with Crippen LogP contribution in [0.25, 0.3) is 16.9 Å². The van der Waals surface area contributed by atoms with E-state index >= 15 is 0 Å². The molecule has 23 heavy (non-hydrogen) atoms. The molecule has 0 atom stereocenters. The highest BCUT2D eigenvalue weighted by Gasteiger charge is 2.15. The molecule has 3 rings (SSSR count). The van der Waals surface area contributed by atoms with Gasteiger partial charge in [0.2, 0.25) is 0 Å². The monoisotopic (exact) mass is 310 g/mol. The lowest BCUT2D eigenvalue weighted by Crippen LogP contribution is -2.02. The van der Waals surface area contributed by atoms with Gasteiger partial charge in [-0.05, 0) is 48.5 Å². The molecule has 0 aliphatic carbocycles. The van der Waals surface area contributed by atoms with Gasteiger partial charge in [0.25, 0.3) is 0 Å². The van der Waals surface area contributed by atoms with Gasteiger partial charge in [-0.25, -0.2) is 4.68 Å². The fourth-order valence-electron chi connectivity index (χ4n) is 2.39. The molecule has 3 aromatic rings. The van der Waals surface area contributed by atoms with Crippen molar-refractivity contribution >= 4 is 0 Å². The van der Waals surface area contributed by atoms with Crippen molar-refractivity contribution in [2.24, 2.45) is 5.73 Å². The minimum Gasteiger partial charge on any atom is -0.497 e. The second kappa shape index (κ2) is 6.50. The largest absolute Gasteiger partial charge is 0.497 e. The minimum atomic E-state index is 0.317. The number of nitrogens with two attached hydrogens (primary N) is 1. The van der Waals surface area contributed by atoms with E-state index in [0.717, 1.165) is 34.1 Å². The Balaban J connectivity index is 2.08. The van der Waals surface area contributed by atoms with Crippen molar-refractivity contribution in [3.63, 3.8) is 0 Å². The molecule has 0 radical (unpaired) electrons. The van der Waals surface area contributed by atoms with Gasteiger partial charge in [0, 0.05) is 12.1 Å². The summed E-state index contributed by atoms with van der Waals surface area (Å²) in [6, 6.07) is 15.4. The van der Waals surface area contributed by atoms with Gasteiger partial charge in [-0.3, -0.25) is 0 Å². The SMILES string of the molecule is COc1ccc(-c2c(CN)nnn2-c2ccc(OC)cc2)cc1. The Labute approximate surface area is 134 Å². The van der Waals surface area contributed by atoms with Crippen LogP contribution in [0, 0.1) is 0 Å². The van der Waals surface area contributed by atoms with Crippen molar-refractivity contribution in [2.45, 2.75) is 6.54 Å². The van der Waals surface area contributed by atoms with E-state index in [-0.39, 0.29) is 0 Å². The smallest absolute Gasteiger partial charge is 0.119 e. The minimum absolute atomic E-state index is 0.317. The van der Waals surface area contributed by atoms with Gasteiger partial charge in [0.1, 0.15) is 17.2 Å². The van der Waals surface area contributed by atoms with Crippen molar-refractivity contribution in [1.29, 1.82) is 0 Å². The number of nitrogens with zero attached hydrogens (tertiary/aromatic N) is 3. The zero-order valence-electron chi connectivity index (χ0n) is 13.1. The van der Waals surface area contributed by atoms with Crippen LogP contribution in [0.5, 0.6) is 11.5 Å². The molecule has 0 amide bonds. The van der Waals surface area contributed by atoms with E-state index in [9.17, 15) is 0 Å². The Morgan fingerprint density at radius 1 is 0.913 bits per heavy atom. The van der Waals surface area contributed by atoms with Crippen LogP contribution in [0.15, 0.2) is 48.5 Å². The highest BCUT2D eigenvalue weighted by molar-refractivity contribution is 5.65. The second-order valence-corrected chi connectivity index (χ2v) is 4.93. The molecule has 0 saturated carbocycles. The fraction of sp³-hybridized carbons (Fsp3) is 0.176. The first kappa shape index (κ1) is 15.1. The quantitative estimate of drug-likeness (QED) is 0.783. The third kappa shape index (κ3) is 2.89. The van der Waals surface area contributed by atoms with E-state index in [0.29, 0.717) is 6.54 Å². The number of benzene rings is 2. The Morgan fingerprint density at radius 2 is 1.48 bits per heavy atom. The van der Waals surface area contributed by atoms with Crippen LogP contribution in [0.2, 0.25) is 0 Å². The molecular weight excluding hydrogens is 292 g/mol. The molecular formula is C17H18N4O2. The Morgan fingerprint density at radius 3 is 2.00 bits per heavy atom. The Hall–Kier alpha value is -2.86. The molecule has 0 unspecified atom stereocenters. The summed E-state index contributed by atoms with van der Waals surface area (Å²) in [7, 11) is 3.28. The van der Waals surface area contributed by atoms with Gasteiger partial charge < -0.3 is 15.2 Å². The van der Waals surface area contributed by atoms with Gasteiger partial charge in [-0.2, -0.15) is 0 Å². The number of ether oxygens (including phenoxy) is 2. The van der Waals surface area contributed by atoms with Gasteiger partial charge >= 0.3 is 0 Å². The number of methoxy groups -OCH3 is 2. The van der Waals surface area contributed by atoms with Crippen molar-refractivity contribution in [2.75, 3.05) is 14.2 Å². The zero-order valence-corrected chi connectivity index (χ0v) is 13.1. The molecule has 0 aliphatic heterocycles. The van der Waals surface area contributed by atoms with E-state index < -0.39 is 0 Å². The predicted molar refractivity (Wildman–Crippen MR) is 87.8 cm³/mol. The fourth-order valence-corrected chi connectivity index (χ4v) is 2.39. The zero-order chi connectivity index (χ0) is 16.2. The third-order valence-corrected chi connectivity index (χ3v) is 3.61. The number of rotatable bonds is 5. The van der Waals surface area contributed by atoms with Gasteiger partial charge in [0.05, 0.1) is 25.6 Å². The van der Waals surface area contributed by atoms with E-state index in [4.69, 9.17) is 15.2 Å². The number of hydrogen-bond acceptors (Lipinski definition) is 5. The maximum absolute atomic E-state index is 5.82. The maximum atomic E-state index is 5.82. The lowest BCUT2D eigenvalue weighted by atomic mass is 10.1. The molecule has 0 fully saturated rings. The normalized spacial score (nSPS) is 10.6. The first-order valence-corrected chi connectivity index (χ1v) is 7.20. The molecule has 1 heterocycles. The van der Waals surface area contributed by atoms with Crippen LogP contribution in [0.4, 0.5) is 0 Å². The van der Waals surface area contributed by atoms with E-state index in [1.165, 1.54) is 0 Å². The molecule has 0 bridgehead atoms. The van der Waals surface area contributed by atoms with Crippen molar-refractivity contribution < 1.29 is 9.47 Å². The number of hydrogen-bond donors (Lipinski definition) is 1. The second-order valence-electron chi connectivity index (χ2n) is 4.93. The first-order valence-electron chi connectivity index (χ1n) is 7.20. The Bertz CT molecular complexity index is 779. The molecule has 6 nitrogen and oxygen atoms in total. The standard InChI is InChI=1S/C17H18N4O2/c1-22-14-7-3-12(4-8-14)17-16(11-18)19-20-21(17)13-5-9-15(23-2)10-6-13/h3-10H,11,18H2,1-2H3. The van der Waals surface area contributed by atoms with E-state index in [1.54, 1.807) is 18.9 Å². The van der Waals surface area contributed by atoms with Crippen LogP contribution in [-0.2, 0) is 6.54 Å². The third-order valence-electron chi connectivity index (χ3n) is 3.61. The van der Waals surface area contributed by atoms with Crippen LogP contribution < -0.4 is 15.2 Å². The molecule has 0 saturated heterocycles. The summed E-state index contributed by atoms with van der Waals surface area (Å²) in [5.74, 6) is 1.59. The summed E-state index contributed by atoms with van der Waals surface area (Å²) in [4.78, 5) is 0.